The molecule has 0 fully saturated rings. The number of carbonyl (C=O) groups excluding carboxylic acids is 2. The largest absolute Gasteiger partial charge is 0.444 e. The van der Waals surface area contributed by atoms with Crippen LogP contribution in [0.15, 0.2) is 30.3 Å². The van der Waals surface area contributed by atoms with Crippen molar-refractivity contribution >= 4 is 12.0 Å². The van der Waals surface area contributed by atoms with Crippen LogP contribution in [-0.4, -0.2) is 17.6 Å². The molecule has 0 saturated carbocycles. The Hall–Kier alpha value is -2.04. The Bertz CT molecular complexity index is 411. The fraction of sp³-hybridized carbons (Fsp3) is 0.467. The first-order valence-electron chi connectivity index (χ1n) is 6.53. The van der Waals surface area contributed by atoms with E-state index >= 15 is 0 Å². The minimum atomic E-state index is -0.444. The van der Waals surface area contributed by atoms with Crippen molar-refractivity contribution in [1.29, 1.82) is 0 Å². The summed E-state index contributed by atoms with van der Waals surface area (Å²) in [6, 6.07) is 9.73. The fourth-order valence-electron chi connectivity index (χ4n) is 1.08. The Balaban J connectivity index is 0.000000621. The Morgan fingerprint density at radius 2 is 1.70 bits per heavy atom. The number of nitrogens with two attached hydrogens (primary N) is 1. The molecule has 3 N–H and O–H groups in total. The van der Waals surface area contributed by atoms with Crippen molar-refractivity contribution in [2.45, 2.75) is 46.3 Å². The molecule has 0 atom stereocenters. The Morgan fingerprint density at radius 3 is 2.10 bits per heavy atom. The lowest BCUT2D eigenvalue weighted by Crippen LogP contribution is -2.32. The second-order valence-corrected chi connectivity index (χ2v) is 5.16. The summed E-state index contributed by atoms with van der Waals surface area (Å²) in [5.41, 5.74) is 5.27. The van der Waals surface area contributed by atoms with Gasteiger partial charge in [-0.3, -0.25) is 4.79 Å². The van der Waals surface area contributed by atoms with Crippen LogP contribution in [0.5, 0.6) is 0 Å². The molecule has 1 rings (SSSR count). The lowest BCUT2D eigenvalue weighted by Gasteiger charge is -2.19. The predicted molar refractivity (Wildman–Crippen MR) is 79.0 cm³/mol. The van der Waals surface area contributed by atoms with E-state index in [4.69, 9.17) is 4.74 Å². The van der Waals surface area contributed by atoms with Gasteiger partial charge in [-0.05, 0) is 26.3 Å². The van der Waals surface area contributed by atoms with Crippen LogP contribution in [-0.2, 0) is 16.1 Å². The molecule has 5 nitrogen and oxygen atoms in total. The van der Waals surface area contributed by atoms with Gasteiger partial charge in [0.2, 0.25) is 5.91 Å². The first-order valence-corrected chi connectivity index (χ1v) is 6.53. The molecule has 0 heterocycles. The summed E-state index contributed by atoms with van der Waals surface area (Å²) in [6.45, 7) is 7.75. The Morgan fingerprint density at radius 1 is 1.20 bits per heavy atom. The summed E-state index contributed by atoms with van der Waals surface area (Å²) in [7, 11) is 0. The number of carbonyl (C=O) groups is 2. The number of hydrogen-bond acceptors (Lipinski definition) is 3. The van der Waals surface area contributed by atoms with E-state index in [1.807, 2.05) is 51.1 Å². The zero-order valence-corrected chi connectivity index (χ0v) is 12.6. The average molecular weight is 280 g/mol. The number of amides is 2. The minimum absolute atomic E-state index is 0.245. The predicted octanol–water partition coefficient (Wildman–Crippen LogP) is 2.59. The van der Waals surface area contributed by atoms with E-state index < -0.39 is 5.60 Å². The summed E-state index contributed by atoms with van der Waals surface area (Å²) < 4.78 is 5.11. The number of hydrogen-bond donors (Lipinski definition) is 2. The van der Waals surface area contributed by atoms with E-state index in [0.29, 0.717) is 13.0 Å². The SMILES string of the molecule is CC(C)(C)OC(=O)NCc1ccccc1.CCC(N)=O. The van der Waals surface area contributed by atoms with E-state index in [2.05, 4.69) is 11.1 Å². The van der Waals surface area contributed by atoms with Gasteiger partial charge in [0.05, 0.1) is 0 Å². The number of ether oxygens (including phenoxy) is 1. The summed E-state index contributed by atoms with van der Waals surface area (Å²) in [5.74, 6) is -0.245. The molecule has 20 heavy (non-hydrogen) atoms. The van der Waals surface area contributed by atoms with Crippen molar-refractivity contribution in [2.75, 3.05) is 0 Å². The van der Waals surface area contributed by atoms with Crippen molar-refractivity contribution in [3.63, 3.8) is 0 Å². The normalized spacial score (nSPS) is 10.0. The maximum absolute atomic E-state index is 11.3. The van der Waals surface area contributed by atoms with Gasteiger partial charge in [-0.1, -0.05) is 37.3 Å². The number of benzene rings is 1. The van der Waals surface area contributed by atoms with Gasteiger partial charge in [-0.15, -0.1) is 0 Å². The molecule has 2 amide bonds. The first-order chi connectivity index (χ1) is 9.24. The van der Waals surface area contributed by atoms with Gasteiger partial charge in [0.1, 0.15) is 5.60 Å². The lowest BCUT2D eigenvalue weighted by molar-refractivity contribution is -0.117. The molecule has 0 aliphatic heterocycles. The molecule has 112 valence electrons. The van der Waals surface area contributed by atoms with Gasteiger partial charge in [0.15, 0.2) is 0 Å². The molecule has 0 aliphatic rings. The van der Waals surface area contributed by atoms with Crippen LogP contribution in [0, 0.1) is 0 Å². The molecule has 5 heteroatoms. The van der Waals surface area contributed by atoms with Crippen LogP contribution in [0.2, 0.25) is 0 Å². The van der Waals surface area contributed by atoms with Crippen LogP contribution >= 0.6 is 0 Å². The maximum atomic E-state index is 11.3. The second kappa shape index (κ2) is 8.96. The third kappa shape index (κ3) is 11.1. The zero-order chi connectivity index (χ0) is 15.6. The number of primary amides is 1. The van der Waals surface area contributed by atoms with Crippen LogP contribution in [0.4, 0.5) is 4.79 Å². The molecule has 0 aromatic heterocycles. The van der Waals surface area contributed by atoms with Gasteiger partial charge in [-0.2, -0.15) is 0 Å². The molecule has 1 aromatic carbocycles. The fourth-order valence-corrected chi connectivity index (χ4v) is 1.08. The van der Waals surface area contributed by atoms with Crippen LogP contribution in [0.25, 0.3) is 0 Å². The molecule has 0 bridgehead atoms. The van der Waals surface area contributed by atoms with Crippen LogP contribution in [0.1, 0.15) is 39.7 Å². The molecule has 0 saturated heterocycles. The highest BCUT2D eigenvalue weighted by atomic mass is 16.6. The topological polar surface area (TPSA) is 81.4 Å². The van der Waals surface area contributed by atoms with Crippen molar-refractivity contribution in [2.24, 2.45) is 5.73 Å². The van der Waals surface area contributed by atoms with Gasteiger partial charge in [0, 0.05) is 13.0 Å². The molecule has 1 aromatic rings. The van der Waals surface area contributed by atoms with Crippen LogP contribution < -0.4 is 11.1 Å². The first kappa shape index (κ1) is 18.0. The van der Waals surface area contributed by atoms with E-state index in [1.54, 1.807) is 6.92 Å². The summed E-state index contributed by atoms with van der Waals surface area (Å²) in [4.78, 5) is 20.9. The molecule has 0 spiro atoms. The number of alkyl carbamates (subject to hydrolysis) is 1. The van der Waals surface area contributed by atoms with E-state index in [0.717, 1.165) is 5.56 Å². The molecule has 0 unspecified atom stereocenters. The monoisotopic (exact) mass is 280 g/mol. The van der Waals surface area contributed by atoms with Crippen molar-refractivity contribution in [3.8, 4) is 0 Å². The zero-order valence-electron chi connectivity index (χ0n) is 12.6. The van der Waals surface area contributed by atoms with Crippen molar-refractivity contribution in [1.82, 2.24) is 5.32 Å². The number of nitrogens with one attached hydrogen (secondary N) is 1. The second-order valence-electron chi connectivity index (χ2n) is 5.16. The quantitative estimate of drug-likeness (QED) is 0.893. The highest BCUT2D eigenvalue weighted by Crippen LogP contribution is 2.06. The Labute approximate surface area is 120 Å². The van der Waals surface area contributed by atoms with Crippen molar-refractivity contribution < 1.29 is 14.3 Å². The summed E-state index contributed by atoms with van der Waals surface area (Å²) in [5, 5.41) is 2.69. The van der Waals surface area contributed by atoms with E-state index in [-0.39, 0.29) is 12.0 Å². The Kier molecular flexibility index (Phi) is 8.04. The summed E-state index contributed by atoms with van der Waals surface area (Å²) in [6.07, 6.45) is 0.0614. The molecular weight excluding hydrogens is 256 g/mol. The van der Waals surface area contributed by atoms with Gasteiger partial charge in [0.25, 0.3) is 0 Å². The lowest BCUT2D eigenvalue weighted by atomic mass is 10.2. The number of rotatable bonds is 3. The van der Waals surface area contributed by atoms with Gasteiger partial charge < -0.3 is 15.8 Å². The van der Waals surface area contributed by atoms with Gasteiger partial charge >= 0.3 is 6.09 Å². The van der Waals surface area contributed by atoms with E-state index in [9.17, 15) is 9.59 Å². The standard InChI is InChI=1S/C12H17NO2.C3H7NO/c1-12(2,3)15-11(14)13-9-10-7-5-4-6-8-10;1-2-3(4)5/h4-8H,9H2,1-3H3,(H,13,14);2H2,1H3,(H2,4,5). The third-order valence-corrected chi connectivity index (χ3v) is 2.03. The highest BCUT2D eigenvalue weighted by molar-refractivity contribution is 5.73. The highest BCUT2D eigenvalue weighted by Gasteiger charge is 2.15. The molecule has 0 radical (unpaired) electrons. The van der Waals surface area contributed by atoms with Gasteiger partial charge in [-0.25, -0.2) is 4.79 Å². The smallest absolute Gasteiger partial charge is 0.407 e. The third-order valence-electron chi connectivity index (χ3n) is 2.03. The molecular formula is C15H24N2O3. The van der Waals surface area contributed by atoms with E-state index in [1.165, 1.54) is 0 Å². The molecule has 0 aliphatic carbocycles. The maximum Gasteiger partial charge on any atom is 0.407 e. The minimum Gasteiger partial charge on any atom is -0.444 e. The average Bonchev–Trinajstić information content (AvgIpc) is 2.36. The van der Waals surface area contributed by atoms with Crippen LogP contribution in [0.3, 0.4) is 0 Å². The van der Waals surface area contributed by atoms with Crippen molar-refractivity contribution in [3.05, 3.63) is 35.9 Å². The summed E-state index contributed by atoms with van der Waals surface area (Å²) >= 11 is 0.